The fourth-order valence-electron chi connectivity index (χ4n) is 2.23. The summed E-state index contributed by atoms with van der Waals surface area (Å²) in [5.41, 5.74) is 1.77. The smallest absolute Gasteiger partial charge is 0.346 e. The molecule has 0 spiro atoms. The van der Waals surface area contributed by atoms with Crippen LogP contribution in [0, 0.1) is 0 Å². The first kappa shape index (κ1) is 17.4. The number of benzene rings is 1. The molecule has 23 heavy (non-hydrogen) atoms. The fraction of sp³-hybridized carbons (Fsp3) is 0.412. The summed E-state index contributed by atoms with van der Waals surface area (Å²) < 4.78 is 10.1. The van der Waals surface area contributed by atoms with Crippen molar-refractivity contribution in [1.29, 1.82) is 0 Å². The largest absolute Gasteiger partial charge is 0.466 e. The van der Waals surface area contributed by atoms with Crippen molar-refractivity contribution in [3.05, 3.63) is 34.9 Å². The Morgan fingerprint density at radius 2 is 1.87 bits per heavy atom. The van der Waals surface area contributed by atoms with Gasteiger partial charge in [-0.05, 0) is 38.8 Å². The molecule has 124 valence electrons. The molecule has 1 aromatic carbocycles. The van der Waals surface area contributed by atoms with Gasteiger partial charge in [0.05, 0.1) is 18.9 Å². The SMILES string of the molecule is CCOC(=O)CCCC1=C(C(=O)OCC)Sc2ccccc2N1. The van der Waals surface area contributed by atoms with E-state index in [1.807, 2.05) is 24.3 Å². The second kappa shape index (κ2) is 8.62. The first-order chi connectivity index (χ1) is 11.2. The summed E-state index contributed by atoms with van der Waals surface area (Å²) in [6.45, 7) is 4.29. The predicted molar refractivity (Wildman–Crippen MR) is 90.1 cm³/mol. The van der Waals surface area contributed by atoms with Crippen LogP contribution in [0.3, 0.4) is 0 Å². The topological polar surface area (TPSA) is 64.6 Å². The van der Waals surface area contributed by atoms with Crippen molar-refractivity contribution in [1.82, 2.24) is 0 Å². The molecular weight excluding hydrogens is 314 g/mol. The normalized spacial score (nSPS) is 13.1. The third-order valence-corrected chi connectivity index (χ3v) is 4.43. The van der Waals surface area contributed by atoms with Crippen LogP contribution in [0.5, 0.6) is 0 Å². The molecule has 0 bridgehead atoms. The number of thioether (sulfide) groups is 1. The van der Waals surface area contributed by atoms with E-state index in [1.54, 1.807) is 13.8 Å². The summed E-state index contributed by atoms with van der Waals surface area (Å²) in [6.07, 6.45) is 1.54. The number of fused-ring (bicyclic) bond motifs is 1. The van der Waals surface area contributed by atoms with E-state index in [1.165, 1.54) is 11.8 Å². The molecule has 0 saturated heterocycles. The minimum atomic E-state index is -0.328. The van der Waals surface area contributed by atoms with Crippen LogP contribution in [0.15, 0.2) is 39.8 Å². The third kappa shape index (κ3) is 4.76. The number of para-hydroxylation sites is 1. The van der Waals surface area contributed by atoms with Gasteiger partial charge >= 0.3 is 11.9 Å². The van der Waals surface area contributed by atoms with Crippen LogP contribution in [-0.2, 0) is 19.1 Å². The Labute approximate surface area is 140 Å². The van der Waals surface area contributed by atoms with E-state index in [9.17, 15) is 9.59 Å². The average molecular weight is 335 g/mol. The van der Waals surface area contributed by atoms with Gasteiger partial charge in [-0.3, -0.25) is 4.79 Å². The second-order valence-corrected chi connectivity index (χ2v) is 5.96. The van der Waals surface area contributed by atoms with Crippen molar-refractivity contribution in [2.45, 2.75) is 38.0 Å². The summed E-state index contributed by atoms with van der Waals surface area (Å²) in [5.74, 6) is -0.541. The Balaban J connectivity index is 2.10. The quantitative estimate of drug-likeness (QED) is 0.766. The molecule has 1 aliphatic heterocycles. The zero-order valence-corrected chi connectivity index (χ0v) is 14.2. The van der Waals surface area contributed by atoms with E-state index in [0.717, 1.165) is 16.3 Å². The molecule has 0 amide bonds. The molecule has 1 aliphatic rings. The lowest BCUT2D eigenvalue weighted by Gasteiger charge is -2.23. The number of carbonyl (C=O) groups excluding carboxylic acids is 2. The highest BCUT2D eigenvalue weighted by molar-refractivity contribution is 8.04. The van der Waals surface area contributed by atoms with Crippen molar-refractivity contribution in [2.24, 2.45) is 0 Å². The molecular formula is C17H21NO4S. The highest BCUT2D eigenvalue weighted by Gasteiger charge is 2.24. The molecule has 1 heterocycles. The van der Waals surface area contributed by atoms with E-state index in [2.05, 4.69) is 5.32 Å². The predicted octanol–water partition coefficient (Wildman–Crippen LogP) is 3.71. The highest BCUT2D eigenvalue weighted by atomic mass is 32.2. The number of allylic oxidation sites excluding steroid dienone is 1. The van der Waals surface area contributed by atoms with Crippen LogP contribution in [0.4, 0.5) is 5.69 Å². The number of esters is 2. The molecule has 0 unspecified atom stereocenters. The van der Waals surface area contributed by atoms with Gasteiger partial charge in [-0.2, -0.15) is 0 Å². The maximum atomic E-state index is 12.2. The fourth-order valence-corrected chi connectivity index (χ4v) is 3.24. The number of nitrogens with one attached hydrogen (secondary N) is 1. The Hall–Kier alpha value is -1.95. The van der Waals surface area contributed by atoms with Crippen molar-refractivity contribution >= 4 is 29.4 Å². The number of rotatable bonds is 7. The van der Waals surface area contributed by atoms with Gasteiger partial charge in [0.1, 0.15) is 4.91 Å². The van der Waals surface area contributed by atoms with Crippen LogP contribution in [0.2, 0.25) is 0 Å². The van der Waals surface area contributed by atoms with Crippen LogP contribution < -0.4 is 5.32 Å². The monoisotopic (exact) mass is 335 g/mol. The van der Waals surface area contributed by atoms with E-state index in [-0.39, 0.29) is 11.9 Å². The maximum absolute atomic E-state index is 12.2. The second-order valence-electron chi connectivity index (χ2n) is 4.91. The van der Waals surface area contributed by atoms with Gasteiger partial charge in [-0.15, -0.1) is 0 Å². The standard InChI is InChI=1S/C17H21NO4S/c1-3-21-15(19)11-7-9-13-16(17(20)22-4-2)23-14-10-6-5-8-12(14)18-13/h5-6,8,10,18H,3-4,7,9,11H2,1-2H3. The van der Waals surface area contributed by atoms with Crippen LogP contribution in [0.25, 0.3) is 0 Å². The number of anilines is 1. The number of carbonyl (C=O) groups is 2. The van der Waals surface area contributed by atoms with Gasteiger partial charge in [0.25, 0.3) is 0 Å². The third-order valence-electron chi connectivity index (χ3n) is 3.23. The number of hydrogen-bond donors (Lipinski definition) is 1. The number of ether oxygens (including phenoxy) is 2. The van der Waals surface area contributed by atoms with Gasteiger partial charge < -0.3 is 14.8 Å². The maximum Gasteiger partial charge on any atom is 0.346 e. The molecule has 1 N–H and O–H groups in total. The first-order valence-electron chi connectivity index (χ1n) is 7.75. The van der Waals surface area contributed by atoms with Crippen LogP contribution in [0.1, 0.15) is 33.1 Å². The minimum absolute atomic E-state index is 0.213. The molecule has 0 atom stereocenters. The minimum Gasteiger partial charge on any atom is -0.466 e. The van der Waals surface area contributed by atoms with Crippen LogP contribution in [-0.4, -0.2) is 25.2 Å². The van der Waals surface area contributed by atoms with Crippen molar-refractivity contribution in [2.75, 3.05) is 18.5 Å². The average Bonchev–Trinajstić information content (AvgIpc) is 2.54. The zero-order valence-electron chi connectivity index (χ0n) is 13.4. The van der Waals surface area contributed by atoms with E-state index >= 15 is 0 Å². The molecule has 0 aromatic heterocycles. The Kier molecular flexibility index (Phi) is 6.52. The molecule has 0 radical (unpaired) electrons. The summed E-state index contributed by atoms with van der Waals surface area (Å²) in [7, 11) is 0. The van der Waals surface area contributed by atoms with Crippen molar-refractivity contribution in [3.63, 3.8) is 0 Å². The van der Waals surface area contributed by atoms with Crippen molar-refractivity contribution < 1.29 is 19.1 Å². The lowest BCUT2D eigenvalue weighted by atomic mass is 10.1. The molecule has 1 aromatic rings. The van der Waals surface area contributed by atoms with Gasteiger partial charge in [-0.1, -0.05) is 23.9 Å². The van der Waals surface area contributed by atoms with Gasteiger partial charge in [0.2, 0.25) is 0 Å². The van der Waals surface area contributed by atoms with Crippen LogP contribution >= 0.6 is 11.8 Å². The lowest BCUT2D eigenvalue weighted by molar-refractivity contribution is -0.143. The summed E-state index contributed by atoms with van der Waals surface area (Å²) >= 11 is 1.41. The molecule has 0 aliphatic carbocycles. The summed E-state index contributed by atoms with van der Waals surface area (Å²) in [5, 5.41) is 3.30. The van der Waals surface area contributed by atoms with E-state index in [0.29, 0.717) is 37.4 Å². The lowest BCUT2D eigenvalue weighted by Crippen LogP contribution is -2.16. The molecule has 2 rings (SSSR count). The highest BCUT2D eigenvalue weighted by Crippen LogP contribution is 2.41. The summed E-state index contributed by atoms with van der Waals surface area (Å²) in [4.78, 5) is 25.2. The van der Waals surface area contributed by atoms with Gasteiger partial charge in [0.15, 0.2) is 0 Å². The zero-order chi connectivity index (χ0) is 16.7. The van der Waals surface area contributed by atoms with Gasteiger partial charge in [-0.25, -0.2) is 4.79 Å². The van der Waals surface area contributed by atoms with Gasteiger partial charge in [0, 0.05) is 17.0 Å². The molecule has 0 fully saturated rings. The van der Waals surface area contributed by atoms with E-state index < -0.39 is 0 Å². The molecule has 6 heteroatoms. The Morgan fingerprint density at radius 1 is 1.13 bits per heavy atom. The van der Waals surface area contributed by atoms with E-state index in [4.69, 9.17) is 9.47 Å². The first-order valence-corrected chi connectivity index (χ1v) is 8.57. The summed E-state index contributed by atoms with van der Waals surface area (Å²) in [6, 6.07) is 7.80. The Morgan fingerprint density at radius 3 is 2.61 bits per heavy atom. The Bertz CT molecular complexity index is 612. The number of hydrogen-bond acceptors (Lipinski definition) is 6. The molecule has 0 saturated carbocycles. The molecule has 5 nitrogen and oxygen atoms in total. The van der Waals surface area contributed by atoms with Crippen molar-refractivity contribution in [3.8, 4) is 0 Å².